The average Bonchev–Trinajstić information content (AvgIpc) is 3.23. The average molecular weight is 376 g/mol. The highest BCUT2D eigenvalue weighted by atomic mass is 32.1. The molecule has 1 aliphatic rings. The zero-order valence-corrected chi connectivity index (χ0v) is 16.2. The maximum atomic E-state index is 12.5. The third kappa shape index (κ3) is 4.13. The number of aryl methyl sites for hydroxylation is 2. The monoisotopic (exact) mass is 376 g/mol. The lowest BCUT2D eigenvalue weighted by Crippen LogP contribution is -2.30. The van der Waals surface area contributed by atoms with Gasteiger partial charge in [0.1, 0.15) is 5.00 Å². The van der Waals surface area contributed by atoms with Crippen molar-refractivity contribution in [1.82, 2.24) is 14.7 Å². The molecule has 26 heavy (non-hydrogen) atoms. The number of nitrogens with zero attached hydrogens (tertiary/aromatic N) is 3. The molecule has 1 aliphatic carbocycles. The molecular formula is C18H24N4O3S. The van der Waals surface area contributed by atoms with Crippen LogP contribution in [-0.4, -0.2) is 46.8 Å². The summed E-state index contributed by atoms with van der Waals surface area (Å²) < 4.78 is 6.93. The normalized spacial score (nSPS) is 13.1. The van der Waals surface area contributed by atoms with Crippen LogP contribution < -0.4 is 5.32 Å². The smallest absolute Gasteiger partial charge is 0.341 e. The number of amides is 1. The van der Waals surface area contributed by atoms with Crippen LogP contribution >= 0.6 is 11.3 Å². The number of hydrogen-bond donors (Lipinski definition) is 1. The summed E-state index contributed by atoms with van der Waals surface area (Å²) in [6, 6.07) is 0. The summed E-state index contributed by atoms with van der Waals surface area (Å²) in [5, 5.41) is 7.67. The molecular weight excluding hydrogens is 352 g/mol. The maximum Gasteiger partial charge on any atom is 0.341 e. The quantitative estimate of drug-likeness (QED) is 0.750. The Kier molecular flexibility index (Phi) is 5.73. The van der Waals surface area contributed by atoms with Gasteiger partial charge in [0, 0.05) is 30.2 Å². The van der Waals surface area contributed by atoms with Crippen LogP contribution in [0.25, 0.3) is 0 Å². The Morgan fingerprint density at radius 2 is 2.23 bits per heavy atom. The minimum atomic E-state index is -0.342. The number of carbonyl (C=O) groups excluding carboxylic acids is 2. The Morgan fingerprint density at radius 1 is 1.42 bits per heavy atom. The lowest BCUT2D eigenvalue weighted by molar-refractivity contribution is -0.117. The number of likely N-dealkylation sites (N-methyl/N-ethyl adjacent to an activating group) is 1. The number of ether oxygens (including phenoxy) is 1. The van der Waals surface area contributed by atoms with E-state index in [1.807, 2.05) is 25.2 Å². The molecule has 2 aromatic heterocycles. The van der Waals surface area contributed by atoms with E-state index in [9.17, 15) is 9.59 Å². The molecule has 0 spiro atoms. The summed E-state index contributed by atoms with van der Waals surface area (Å²) in [4.78, 5) is 27.9. The van der Waals surface area contributed by atoms with E-state index in [0.717, 1.165) is 30.4 Å². The maximum absolute atomic E-state index is 12.5. The second-order valence-corrected chi connectivity index (χ2v) is 7.63. The van der Waals surface area contributed by atoms with Crippen molar-refractivity contribution in [3.05, 3.63) is 34.0 Å². The summed E-state index contributed by atoms with van der Waals surface area (Å²) in [5.74, 6) is -0.479. The van der Waals surface area contributed by atoms with E-state index < -0.39 is 0 Å². The van der Waals surface area contributed by atoms with Crippen molar-refractivity contribution in [2.24, 2.45) is 7.05 Å². The number of thiophene rings is 1. The summed E-state index contributed by atoms with van der Waals surface area (Å²) in [7, 11) is 3.75. The van der Waals surface area contributed by atoms with Crippen LogP contribution in [0, 0.1) is 0 Å². The summed E-state index contributed by atoms with van der Waals surface area (Å²) in [6.07, 6.45) is 6.60. The van der Waals surface area contributed by atoms with E-state index >= 15 is 0 Å². The van der Waals surface area contributed by atoms with Crippen LogP contribution in [0.1, 0.15) is 39.7 Å². The highest BCUT2D eigenvalue weighted by Crippen LogP contribution is 2.39. The molecule has 8 heteroatoms. The van der Waals surface area contributed by atoms with Gasteiger partial charge in [-0.3, -0.25) is 14.4 Å². The van der Waals surface area contributed by atoms with Crippen molar-refractivity contribution in [3.8, 4) is 0 Å². The predicted molar refractivity (Wildman–Crippen MR) is 100 cm³/mol. The van der Waals surface area contributed by atoms with Crippen molar-refractivity contribution >= 4 is 28.2 Å². The van der Waals surface area contributed by atoms with Gasteiger partial charge >= 0.3 is 5.97 Å². The van der Waals surface area contributed by atoms with Gasteiger partial charge in [-0.25, -0.2) is 4.79 Å². The SMILES string of the molecule is CCOC(=O)c1c(NC(=O)CN(C)Cc2cnn(C)c2)sc2c1CCC2. The van der Waals surface area contributed by atoms with Gasteiger partial charge in [0.25, 0.3) is 0 Å². The molecule has 0 saturated carbocycles. The number of nitrogens with one attached hydrogen (secondary N) is 1. The van der Waals surface area contributed by atoms with Gasteiger partial charge in [0.2, 0.25) is 5.91 Å². The summed E-state index contributed by atoms with van der Waals surface area (Å²) in [6.45, 7) is 2.98. The van der Waals surface area contributed by atoms with Crippen LogP contribution in [0.4, 0.5) is 5.00 Å². The number of hydrogen-bond acceptors (Lipinski definition) is 6. The Hall–Kier alpha value is -2.19. The topological polar surface area (TPSA) is 76.5 Å². The number of rotatable bonds is 7. The Bertz CT molecular complexity index is 811. The van der Waals surface area contributed by atoms with E-state index in [1.54, 1.807) is 17.8 Å². The van der Waals surface area contributed by atoms with Crippen molar-refractivity contribution in [3.63, 3.8) is 0 Å². The molecule has 0 aliphatic heterocycles. The van der Waals surface area contributed by atoms with Gasteiger partial charge in [-0.05, 0) is 38.8 Å². The molecule has 1 amide bonds. The van der Waals surface area contributed by atoms with Gasteiger partial charge in [0.05, 0.1) is 24.9 Å². The molecule has 0 fully saturated rings. The molecule has 0 saturated heterocycles. The van der Waals surface area contributed by atoms with Crippen molar-refractivity contribution in [1.29, 1.82) is 0 Å². The molecule has 2 heterocycles. The van der Waals surface area contributed by atoms with Crippen LogP contribution in [-0.2, 0) is 36.0 Å². The highest BCUT2D eigenvalue weighted by Gasteiger charge is 2.28. The number of esters is 1. The number of carbonyl (C=O) groups is 2. The first-order valence-electron chi connectivity index (χ1n) is 8.75. The Morgan fingerprint density at radius 3 is 2.92 bits per heavy atom. The van der Waals surface area contributed by atoms with Gasteiger partial charge in [-0.15, -0.1) is 11.3 Å². The molecule has 1 N–H and O–H groups in total. The number of anilines is 1. The fourth-order valence-corrected chi connectivity index (χ4v) is 4.54. The molecule has 2 aromatic rings. The Labute approximate surface area is 156 Å². The van der Waals surface area contributed by atoms with Gasteiger partial charge in [0.15, 0.2) is 0 Å². The zero-order chi connectivity index (χ0) is 18.7. The molecule has 0 atom stereocenters. The molecule has 140 valence electrons. The van der Waals surface area contributed by atoms with E-state index in [0.29, 0.717) is 23.7 Å². The number of fused-ring (bicyclic) bond motifs is 1. The predicted octanol–water partition coefficient (Wildman–Crippen LogP) is 2.22. The Balaban J connectivity index is 1.66. The minimum absolute atomic E-state index is 0.137. The molecule has 0 unspecified atom stereocenters. The molecule has 0 radical (unpaired) electrons. The molecule has 0 aromatic carbocycles. The second kappa shape index (κ2) is 8.01. The summed E-state index contributed by atoms with van der Waals surface area (Å²) >= 11 is 1.50. The van der Waals surface area contributed by atoms with Gasteiger partial charge in [-0.1, -0.05) is 0 Å². The molecule has 3 rings (SSSR count). The lowest BCUT2D eigenvalue weighted by Gasteiger charge is -2.15. The first kappa shape index (κ1) is 18.6. The third-order valence-electron chi connectivity index (χ3n) is 4.28. The summed E-state index contributed by atoms with van der Waals surface area (Å²) in [5.41, 5.74) is 2.64. The lowest BCUT2D eigenvalue weighted by atomic mass is 10.1. The number of aromatic nitrogens is 2. The van der Waals surface area contributed by atoms with Gasteiger partial charge < -0.3 is 10.1 Å². The van der Waals surface area contributed by atoms with Crippen LogP contribution in [0.3, 0.4) is 0 Å². The molecule has 0 bridgehead atoms. The first-order valence-corrected chi connectivity index (χ1v) is 9.57. The standard InChI is InChI=1S/C18H24N4O3S/c1-4-25-18(24)16-13-6-5-7-14(13)26-17(16)20-15(23)11-21(2)9-12-8-19-22(3)10-12/h8,10H,4-7,9,11H2,1-3H3,(H,20,23). The zero-order valence-electron chi connectivity index (χ0n) is 15.4. The van der Waals surface area contributed by atoms with E-state index in [2.05, 4.69) is 10.4 Å². The van der Waals surface area contributed by atoms with Crippen LogP contribution in [0.2, 0.25) is 0 Å². The fraction of sp³-hybridized carbons (Fsp3) is 0.500. The van der Waals surface area contributed by atoms with Crippen molar-refractivity contribution in [2.45, 2.75) is 32.7 Å². The van der Waals surface area contributed by atoms with Crippen LogP contribution in [0.15, 0.2) is 12.4 Å². The van der Waals surface area contributed by atoms with E-state index in [4.69, 9.17) is 4.74 Å². The molecule has 7 nitrogen and oxygen atoms in total. The highest BCUT2D eigenvalue weighted by molar-refractivity contribution is 7.17. The van der Waals surface area contributed by atoms with Crippen molar-refractivity contribution in [2.75, 3.05) is 25.5 Å². The van der Waals surface area contributed by atoms with Crippen molar-refractivity contribution < 1.29 is 14.3 Å². The van der Waals surface area contributed by atoms with Gasteiger partial charge in [-0.2, -0.15) is 5.10 Å². The van der Waals surface area contributed by atoms with E-state index in [-0.39, 0.29) is 18.4 Å². The van der Waals surface area contributed by atoms with E-state index in [1.165, 1.54) is 16.2 Å². The minimum Gasteiger partial charge on any atom is -0.462 e. The largest absolute Gasteiger partial charge is 0.462 e. The second-order valence-electron chi connectivity index (χ2n) is 6.52. The van der Waals surface area contributed by atoms with Crippen LogP contribution in [0.5, 0.6) is 0 Å². The fourth-order valence-electron chi connectivity index (χ4n) is 3.24. The first-order chi connectivity index (χ1) is 12.5. The third-order valence-corrected chi connectivity index (χ3v) is 5.49.